The van der Waals surface area contributed by atoms with Gasteiger partial charge in [-0.05, 0) is 57.4 Å². The molecule has 0 unspecified atom stereocenters. The minimum Gasteiger partial charge on any atom is -0.486 e. The molecule has 128 valence electrons. The first-order chi connectivity index (χ1) is 12.0. The Morgan fingerprint density at radius 3 is 2.60 bits per heavy atom. The largest absolute Gasteiger partial charge is 0.486 e. The predicted molar refractivity (Wildman–Crippen MR) is 106 cm³/mol. The molecule has 0 N–H and O–H groups in total. The number of ether oxygens (including phenoxy) is 2. The maximum Gasteiger partial charge on any atom is 0.331 e. The van der Waals surface area contributed by atoms with Crippen LogP contribution in [-0.4, -0.2) is 12.6 Å². The molecule has 6 heteroatoms. The molecule has 2 aromatic carbocycles. The molecule has 0 atom stereocenters. The second-order valence-corrected chi connectivity index (χ2v) is 7.05. The van der Waals surface area contributed by atoms with E-state index in [1.54, 1.807) is 18.2 Å². The highest BCUT2D eigenvalue weighted by molar-refractivity contribution is 9.10. The van der Waals surface area contributed by atoms with Crippen molar-refractivity contribution in [3.63, 3.8) is 0 Å². The summed E-state index contributed by atoms with van der Waals surface area (Å²) >= 11 is 13.1. The molecule has 3 nitrogen and oxygen atoms in total. The number of benzene rings is 2. The Labute approximate surface area is 168 Å². The number of esters is 1. The zero-order valence-corrected chi connectivity index (χ0v) is 16.9. The van der Waals surface area contributed by atoms with Crippen LogP contribution in [0.25, 0.3) is 6.08 Å². The van der Waals surface area contributed by atoms with Gasteiger partial charge >= 0.3 is 5.97 Å². The molecule has 0 aliphatic carbocycles. The van der Waals surface area contributed by atoms with Crippen molar-refractivity contribution >= 4 is 55.5 Å². The standard InChI is InChI=1S/C19H13Br2ClO3/c1-2-9-24-18(23)8-5-14-10-16(21)19(17(22)11-14)25-12-13-3-6-15(20)7-4-13/h1,3-8,10-11H,9,12H2/b8-5+. The van der Waals surface area contributed by atoms with Crippen LogP contribution in [0.3, 0.4) is 0 Å². The second-order valence-electron chi connectivity index (χ2n) is 4.87. The van der Waals surface area contributed by atoms with Gasteiger partial charge in [-0.25, -0.2) is 4.79 Å². The van der Waals surface area contributed by atoms with Gasteiger partial charge in [0.15, 0.2) is 12.4 Å². The molecule has 0 radical (unpaired) electrons. The van der Waals surface area contributed by atoms with Crippen LogP contribution in [0.5, 0.6) is 5.75 Å². The van der Waals surface area contributed by atoms with Gasteiger partial charge in [0.05, 0.1) is 9.50 Å². The summed E-state index contributed by atoms with van der Waals surface area (Å²) in [6.07, 6.45) is 7.91. The van der Waals surface area contributed by atoms with E-state index in [1.165, 1.54) is 6.08 Å². The van der Waals surface area contributed by atoms with Crippen molar-refractivity contribution < 1.29 is 14.3 Å². The molecular weight excluding hydrogens is 471 g/mol. The smallest absolute Gasteiger partial charge is 0.331 e. The van der Waals surface area contributed by atoms with Gasteiger partial charge in [-0.15, -0.1) is 6.42 Å². The number of rotatable bonds is 6. The van der Waals surface area contributed by atoms with Crippen LogP contribution < -0.4 is 4.74 Å². The van der Waals surface area contributed by atoms with Gasteiger partial charge in [-0.2, -0.15) is 0 Å². The summed E-state index contributed by atoms with van der Waals surface area (Å²) in [5.74, 6) is 2.25. The highest BCUT2D eigenvalue weighted by Crippen LogP contribution is 2.35. The minimum atomic E-state index is -0.513. The number of hydrogen-bond acceptors (Lipinski definition) is 3. The van der Waals surface area contributed by atoms with Crippen molar-refractivity contribution in [2.45, 2.75) is 6.61 Å². The molecule has 0 bridgehead atoms. The van der Waals surface area contributed by atoms with Crippen LogP contribution in [0.15, 0.2) is 51.4 Å². The molecule has 0 aliphatic heterocycles. The Hall–Kier alpha value is -1.74. The van der Waals surface area contributed by atoms with Crippen LogP contribution in [0.1, 0.15) is 11.1 Å². The summed E-state index contributed by atoms with van der Waals surface area (Å²) in [4.78, 5) is 11.4. The van der Waals surface area contributed by atoms with Gasteiger partial charge in [0.1, 0.15) is 6.61 Å². The summed E-state index contributed by atoms with van der Waals surface area (Å²) in [6.45, 7) is 0.329. The third-order valence-corrected chi connectivity index (χ3v) is 4.43. The van der Waals surface area contributed by atoms with E-state index in [-0.39, 0.29) is 6.61 Å². The summed E-state index contributed by atoms with van der Waals surface area (Å²) in [5, 5.41) is 0.433. The van der Waals surface area contributed by atoms with Gasteiger partial charge in [0, 0.05) is 10.5 Å². The molecular formula is C19H13Br2ClO3. The second kappa shape index (κ2) is 9.67. The number of hydrogen-bond donors (Lipinski definition) is 0. The molecule has 0 saturated heterocycles. The third kappa shape index (κ3) is 6.24. The first kappa shape index (κ1) is 19.6. The molecule has 0 spiro atoms. The lowest BCUT2D eigenvalue weighted by atomic mass is 10.2. The molecule has 2 rings (SSSR count). The monoisotopic (exact) mass is 482 g/mol. The number of carbonyl (C=O) groups is 1. The molecule has 2 aromatic rings. The van der Waals surface area contributed by atoms with Crippen LogP contribution >= 0.6 is 43.5 Å². The van der Waals surface area contributed by atoms with Crippen molar-refractivity contribution in [1.82, 2.24) is 0 Å². The zero-order valence-electron chi connectivity index (χ0n) is 13.0. The first-order valence-electron chi connectivity index (χ1n) is 7.14. The van der Waals surface area contributed by atoms with Gasteiger partial charge in [-0.1, -0.05) is 45.6 Å². The fourth-order valence-corrected chi connectivity index (χ4v) is 3.13. The molecule has 0 amide bonds. The SMILES string of the molecule is C#CCOC(=O)/C=C/c1cc(Cl)c(OCc2ccc(Br)cc2)c(Br)c1. The lowest BCUT2D eigenvalue weighted by molar-refractivity contribution is -0.136. The quantitative estimate of drug-likeness (QED) is 0.303. The Balaban J connectivity index is 2.06. The average molecular weight is 485 g/mol. The van der Waals surface area contributed by atoms with Crippen molar-refractivity contribution in [3.8, 4) is 18.1 Å². The Bertz CT molecular complexity index is 801. The first-order valence-corrected chi connectivity index (χ1v) is 9.10. The Morgan fingerprint density at radius 2 is 1.96 bits per heavy atom. The Morgan fingerprint density at radius 1 is 1.24 bits per heavy atom. The topological polar surface area (TPSA) is 35.5 Å². The highest BCUT2D eigenvalue weighted by atomic mass is 79.9. The zero-order chi connectivity index (χ0) is 18.2. The molecule has 25 heavy (non-hydrogen) atoms. The third-order valence-electron chi connectivity index (χ3n) is 3.03. The van der Waals surface area contributed by atoms with Crippen molar-refractivity contribution in [3.05, 3.63) is 67.6 Å². The van der Waals surface area contributed by atoms with Crippen molar-refractivity contribution in [1.29, 1.82) is 0 Å². The number of halogens is 3. The molecule has 0 fully saturated rings. The van der Waals surface area contributed by atoms with E-state index < -0.39 is 5.97 Å². The maximum atomic E-state index is 11.4. The number of carbonyl (C=O) groups excluding carboxylic acids is 1. The molecule has 0 saturated carbocycles. The minimum absolute atomic E-state index is 0.0591. The highest BCUT2D eigenvalue weighted by Gasteiger charge is 2.09. The van der Waals surface area contributed by atoms with E-state index in [9.17, 15) is 4.79 Å². The van der Waals surface area contributed by atoms with E-state index in [1.807, 2.05) is 24.3 Å². The van der Waals surface area contributed by atoms with E-state index in [0.29, 0.717) is 21.9 Å². The van der Waals surface area contributed by atoms with Crippen LogP contribution in [0.4, 0.5) is 0 Å². The average Bonchev–Trinajstić information content (AvgIpc) is 2.59. The predicted octanol–water partition coefficient (Wildman–Crippen LogP) is 5.63. The van der Waals surface area contributed by atoms with Crippen LogP contribution in [0.2, 0.25) is 5.02 Å². The van der Waals surface area contributed by atoms with Gasteiger partial charge in [0.2, 0.25) is 0 Å². The van der Waals surface area contributed by atoms with Crippen molar-refractivity contribution in [2.24, 2.45) is 0 Å². The van der Waals surface area contributed by atoms with Crippen LogP contribution in [0, 0.1) is 12.3 Å². The fourth-order valence-electron chi connectivity index (χ4n) is 1.87. The lowest BCUT2D eigenvalue weighted by Gasteiger charge is -2.11. The fraction of sp³-hybridized carbons (Fsp3) is 0.105. The van der Waals surface area contributed by atoms with Crippen LogP contribution in [-0.2, 0) is 16.1 Å². The van der Waals surface area contributed by atoms with E-state index in [0.717, 1.165) is 15.6 Å². The van der Waals surface area contributed by atoms with E-state index >= 15 is 0 Å². The maximum absolute atomic E-state index is 11.4. The summed E-state index contributed by atoms with van der Waals surface area (Å²) in [6, 6.07) is 11.3. The number of terminal acetylenes is 1. The van der Waals surface area contributed by atoms with E-state index in [4.69, 9.17) is 27.5 Å². The van der Waals surface area contributed by atoms with E-state index in [2.05, 4.69) is 37.8 Å². The molecule has 0 aliphatic rings. The Kier molecular flexibility index (Phi) is 7.57. The summed E-state index contributed by atoms with van der Waals surface area (Å²) in [7, 11) is 0. The van der Waals surface area contributed by atoms with Gasteiger partial charge < -0.3 is 9.47 Å². The lowest BCUT2D eigenvalue weighted by Crippen LogP contribution is -2.00. The molecule has 0 heterocycles. The normalized spacial score (nSPS) is 10.5. The van der Waals surface area contributed by atoms with Crippen molar-refractivity contribution in [2.75, 3.05) is 6.61 Å². The molecule has 0 aromatic heterocycles. The summed E-state index contributed by atoms with van der Waals surface area (Å²) < 4.78 is 12.2. The van der Waals surface area contributed by atoms with Gasteiger partial charge in [0.25, 0.3) is 0 Å². The summed E-state index contributed by atoms with van der Waals surface area (Å²) in [5.41, 5.74) is 1.75. The van der Waals surface area contributed by atoms with Gasteiger partial charge in [-0.3, -0.25) is 0 Å².